The number of pyridine rings is 1. The third-order valence-corrected chi connectivity index (χ3v) is 5.73. The number of aromatic nitrogens is 2. The Morgan fingerprint density at radius 1 is 1.23 bits per heavy atom. The summed E-state index contributed by atoms with van der Waals surface area (Å²) < 4.78 is 2.18. The summed E-state index contributed by atoms with van der Waals surface area (Å²) >= 11 is 0. The molecule has 2 aromatic heterocycles. The summed E-state index contributed by atoms with van der Waals surface area (Å²) in [6.07, 6.45) is 1.41. The van der Waals surface area contributed by atoms with Crippen LogP contribution in [-0.2, 0) is 24.9 Å². The first kappa shape index (κ1) is 22.0. The molecule has 0 bridgehead atoms. The number of hydrogen-bond acceptors (Lipinski definition) is 6. The molecule has 0 atom stereocenters. The highest BCUT2D eigenvalue weighted by atomic mass is 16.1. The van der Waals surface area contributed by atoms with E-state index in [1.165, 1.54) is 28.4 Å². The number of nitrogens with two attached hydrogens (primary N) is 2. The minimum Gasteiger partial charge on any atom is -0.384 e. The van der Waals surface area contributed by atoms with Crippen LogP contribution in [0, 0.1) is 27.7 Å². The Morgan fingerprint density at radius 3 is 2.65 bits per heavy atom. The summed E-state index contributed by atoms with van der Waals surface area (Å²) in [7, 11) is 2.06. The molecule has 1 amide bonds. The van der Waals surface area contributed by atoms with E-state index in [2.05, 4.69) is 58.0 Å². The molecule has 31 heavy (non-hydrogen) atoms. The number of carbonyl (C=O) groups excluding carboxylic acids is 1. The highest BCUT2D eigenvalue weighted by Gasteiger charge is 2.12. The Bertz CT molecular complexity index is 1180. The molecule has 1 aromatic carbocycles. The molecule has 2 heterocycles. The number of aliphatic imine (C=N–C) groups is 1. The summed E-state index contributed by atoms with van der Waals surface area (Å²) in [6.45, 7) is 8.75. The van der Waals surface area contributed by atoms with Crippen molar-refractivity contribution in [3.05, 3.63) is 57.9 Å². The normalized spacial score (nSPS) is 12.1. The largest absolute Gasteiger partial charge is 0.384 e. The van der Waals surface area contributed by atoms with Crippen LogP contribution in [0.1, 0.15) is 33.6 Å². The van der Waals surface area contributed by atoms with E-state index in [-0.39, 0.29) is 5.71 Å². The number of fused-ring (bicyclic) bond motifs is 1. The van der Waals surface area contributed by atoms with Gasteiger partial charge in [0.15, 0.2) is 5.71 Å². The van der Waals surface area contributed by atoms with Crippen LogP contribution in [0.5, 0.6) is 0 Å². The van der Waals surface area contributed by atoms with Crippen LogP contribution in [0.3, 0.4) is 0 Å². The van der Waals surface area contributed by atoms with Gasteiger partial charge in [-0.2, -0.15) is 5.10 Å². The fourth-order valence-corrected chi connectivity index (χ4v) is 3.70. The maximum Gasteiger partial charge on any atom is 0.273 e. The van der Waals surface area contributed by atoms with E-state index < -0.39 is 5.91 Å². The van der Waals surface area contributed by atoms with Crippen LogP contribution in [0.2, 0.25) is 0 Å². The molecular weight excluding hydrogens is 390 g/mol. The van der Waals surface area contributed by atoms with Crippen LogP contribution < -0.4 is 16.9 Å². The van der Waals surface area contributed by atoms with Gasteiger partial charge in [0.25, 0.3) is 5.91 Å². The van der Waals surface area contributed by atoms with Gasteiger partial charge in [-0.05, 0) is 68.1 Å². The molecule has 0 aliphatic carbocycles. The SMILES string of the molecule is Cc1cc(N)nc(C)c1CNC(=O)C(C=NCc1ccc2c(c1)c(C)c(C)n2C)=NN. The average Bonchev–Trinajstić information content (AvgIpc) is 2.94. The standard InChI is InChI=1S/C23H29N7O/c1-13-8-22(24)28-15(3)19(13)11-27-23(31)20(29-25)12-26-10-17-6-7-21-18(9-17)14(2)16(4)30(21)5/h6-9,12H,10-11,25H2,1-5H3,(H2,24,28)(H,27,31). The lowest BCUT2D eigenvalue weighted by atomic mass is 10.1. The topological polar surface area (TPSA) is 124 Å². The van der Waals surface area contributed by atoms with Crippen LogP contribution >= 0.6 is 0 Å². The van der Waals surface area contributed by atoms with E-state index in [4.69, 9.17) is 11.6 Å². The molecule has 0 spiro atoms. The molecule has 8 heteroatoms. The van der Waals surface area contributed by atoms with Crippen molar-refractivity contribution in [1.29, 1.82) is 0 Å². The van der Waals surface area contributed by atoms with Crippen molar-refractivity contribution in [3.63, 3.8) is 0 Å². The van der Waals surface area contributed by atoms with Crippen LogP contribution in [0.25, 0.3) is 10.9 Å². The minimum absolute atomic E-state index is 0.0616. The number of carbonyl (C=O) groups is 1. The first-order chi connectivity index (χ1) is 14.7. The Balaban J connectivity index is 1.66. The number of hydrogen-bond donors (Lipinski definition) is 3. The Hall–Kier alpha value is -3.68. The number of nitrogen functional groups attached to an aromatic ring is 1. The van der Waals surface area contributed by atoms with Gasteiger partial charge < -0.3 is 21.5 Å². The Kier molecular flexibility index (Phi) is 6.39. The van der Waals surface area contributed by atoms with E-state index in [0.717, 1.165) is 22.4 Å². The summed E-state index contributed by atoms with van der Waals surface area (Å²) in [5.74, 6) is 5.48. The zero-order valence-corrected chi connectivity index (χ0v) is 18.7. The van der Waals surface area contributed by atoms with Gasteiger partial charge in [-0.15, -0.1) is 0 Å². The molecule has 162 valence electrons. The molecular formula is C23H29N7O. The van der Waals surface area contributed by atoms with Crippen molar-refractivity contribution in [1.82, 2.24) is 14.9 Å². The van der Waals surface area contributed by atoms with E-state index in [0.29, 0.717) is 18.9 Å². The monoisotopic (exact) mass is 419 g/mol. The number of aryl methyl sites for hydroxylation is 4. The van der Waals surface area contributed by atoms with Crippen LogP contribution in [0.4, 0.5) is 5.82 Å². The maximum atomic E-state index is 12.5. The molecule has 3 rings (SSSR count). The van der Waals surface area contributed by atoms with Crippen molar-refractivity contribution in [2.24, 2.45) is 23.0 Å². The first-order valence-corrected chi connectivity index (χ1v) is 10.1. The van der Waals surface area contributed by atoms with Gasteiger partial charge in [0.2, 0.25) is 0 Å². The van der Waals surface area contributed by atoms with Crippen molar-refractivity contribution in [3.8, 4) is 0 Å². The van der Waals surface area contributed by atoms with E-state index >= 15 is 0 Å². The molecule has 0 aliphatic heterocycles. The second-order valence-electron chi connectivity index (χ2n) is 7.72. The zero-order valence-electron chi connectivity index (χ0n) is 18.7. The summed E-state index contributed by atoms with van der Waals surface area (Å²) in [5.41, 5.74) is 13.2. The average molecular weight is 420 g/mol. The lowest BCUT2D eigenvalue weighted by molar-refractivity contribution is -0.114. The number of benzene rings is 1. The highest BCUT2D eigenvalue weighted by molar-refractivity contribution is 6.60. The number of nitrogens with one attached hydrogen (secondary N) is 1. The highest BCUT2D eigenvalue weighted by Crippen LogP contribution is 2.25. The fourth-order valence-electron chi connectivity index (χ4n) is 3.70. The third kappa shape index (κ3) is 4.58. The Labute approximate surface area is 182 Å². The van der Waals surface area contributed by atoms with Crippen LogP contribution in [0.15, 0.2) is 34.4 Å². The fraction of sp³-hybridized carbons (Fsp3) is 0.304. The van der Waals surface area contributed by atoms with Crippen molar-refractivity contribution < 1.29 is 4.79 Å². The van der Waals surface area contributed by atoms with E-state index in [1.807, 2.05) is 19.9 Å². The molecule has 0 radical (unpaired) electrons. The van der Waals surface area contributed by atoms with Gasteiger partial charge in [0.1, 0.15) is 5.82 Å². The zero-order chi connectivity index (χ0) is 22.7. The van der Waals surface area contributed by atoms with Gasteiger partial charge in [-0.25, -0.2) is 4.98 Å². The molecule has 8 nitrogen and oxygen atoms in total. The van der Waals surface area contributed by atoms with Gasteiger partial charge in [-0.1, -0.05) is 6.07 Å². The Morgan fingerprint density at radius 2 is 1.97 bits per heavy atom. The smallest absolute Gasteiger partial charge is 0.273 e. The lowest BCUT2D eigenvalue weighted by Crippen LogP contribution is -2.32. The van der Waals surface area contributed by atoms with E-state index in [1.54, 1.807) is 6.07 Å². The minimum atomic E-state index is -0.396. The first-order valence-electron chi connectivity index (χ1n) is 10.1. The van der Waals surface area contributed by atoms with Gasteiger partial charge in [0, 0.05) is 35.9 Å². The molecule has 0 unspecified atom stereocenters. The molecule has 0 aliphatic rings. The van der Waals surface area contributed by atoms with Crippen molar-refractivity contribution in [2.75, 3.05) is 5.73 Å². The van der Waals surface area contributed by atoms with Crippen LogP contribution in [-0.4, -0.2) is 27.4 Å². The predicted molar refractivity (Wildman–Crippen MR) is 126 cm³/mol. The lowest BCUT2D eigenvalue weighted by Gasteiger charge is -2.11. The second kappa shape index (κ2) is 8.99. The van der Waals surface area contributed by atoms with Gasteiger partial charge in [-0.3, -0.25) is 9.79 Å². The summed E-state index contributed by atoms with van der Waals surface area (Å²) in [4.78, 5) is 21.1. The third-order valence-electron chi connectivity index (χ3n) is 5.73. The maximum absolute atomic E-state index is 12.5. The summed E-state index contributed by atoms with van der Waals surface area (Å²) in [6, 6.07) is 8.04. The molecule has 0 saturated carbocycles. The molecule has 5 N–H and O–H groups in total. The van der Waals surface area contributed by atoms with E-state index in [9.17, 15) is 4.79 Å². The van der Waals surface area contributed by atoms with Gasteiger partial charge >= 0.3 is 0 Å². The van der Waals surface area contributed by atoms with Crippen molar-refractivity contribution >= 4 is 34.6 Å². The van der Waals surface area contributed by atoms with Crippen molar-refractivity contribution in [2.45, 2.75) is 40.8 Å². The molecule has 0 saturated heterocycles. The number of amides is 1. The summed E-state index contributed by atoms with van der Waals surface area (Å²) in [5, 5.41) is 7.61. The quantitative estimate of drug-likeness (QED) is 0.323. The second-order valence-corrected chi connectivity index (χ2v) is 7.72. The number of hydrazone groups is 1. The molecule has 0 fully saturated rings. The number of rotatable bonds is 6. The number of nitrogens with zero attached hydrogens (tertiary/aromatic N) is 4. The molecule has 3 aromatic rings. The predicted octanol–water partition coefficient (Wildman–Crippen LogP) is 2.59. The van der Waals surface area contributed by atoms with Gasteiger partial charge in [0.05, 0.1) is 12.8 Å². The number of anilines is 1.